The third kappa shape index (κ3) is 3.87. The van der Waals surface area contributed by atoms with E-state index in [0.717, 1.165) is 5.75 Å². The van der Waals surface area contributed by atoms with Gasteiger partial charge in [-0.15, -0.1) is 0 Å². The molecule has 0 spiro atoms. The highest BCUT2D eigenvalue weighted by Gasteiger charge is 2.35. The van der Waals surface area contributed by atoms with E-state index >= 15 is 0 Å². The molecule has 5 heteroatoms. The van der Waals surface area contributed by atoms with Gasteiger partial charge in [-0.25, -0.2) is 4.79 Å². The maximum Gasteiger partial charge on any atom is 0.410 e. The van der Waals surface area contributed by atoms with Crippen molar-refractivity contribution < 1.29 is 14.6 Å². The molecule has 0 radical (unpaired) electrons. The molecule has 1 rings (SSSR count). The number of nitrogens with zero attached hydrogens (tertiary/aromatic N) is 1. The van der Waals surface area contributed by atoms with Crippen LogP contribution in [-0.4, -0.2) is 52.9 Å². The van der Waals surface area contributed by atoms with Gasteiger partial charge in [-0.3, -0.25) is 0 Å². The molecule has 0 aromatic heterocycles. The summed E-state index contributed by atoms with van der Waals surface area (Å²) in [7, 11) is 0. The fourth-order valence-electron chi connectivity index (χ4n) is 1.71. The average molecular weight is 247 g/mol. The molecule has 1 saturated heterocycles. The molecule has 1 heterocycles. The molecule has 0 aliphatic carbocycles. The lowest BCUT2D eigenvalue weighted by molar-refractivity contribution is 0.0270. The number of carbonyl (C=O) groups excluding carboxylic acids is 1. The van der Waals surface area contributed by atoms with Crippen molar-refractivity contribution in [1.29, 1.82) is 0 Å². The first kappa shape index (κ1) is 13.6. The lowest BCUT2D eigenvalue weighted by Gasteiger charge is -2.24. The normalized spacial score (nSPS) is 25.9. The number of hydrogen-bond donors (Lipinski definition) is 1. The molecule has 2 atom stereocenters. The molecule has 0 saturated carbocycles. The molecule has 16 heavy (non-hydrogen) atoms. The van der Waals surface area contributed by atoms with Crippen LogP contribution in [0.15, 0.2) is 0 Å². The number of aliphatic hydroxyl groups is 1. The van der Waals surface area contributed by atoms with Gasteiger partial charge in [0, 0.05) is 18.2 Å². The summed E-state index contributed by atoms with van der Waals surface area (Å²) in [5.41, 5.74) is -0.473. The van der Waals surface area contributed by atoms with Crippen LogP contribution in [-0.2, 0) is 4.74 Å². The molecule has 0 unspecified atom stereocenters. The summed E-state index contributed by atoms with van der Waals surface area (Å²) in [4.78, 5) is 13.3. The van der Waals surface area contributed by atoms with Crippen molar-refractivity contribution in [2.24, 2.45) is 5.92 Å². The fourth-order valence-corrected chi connectivity index (χ4v) is 2.46. The Morgan fingerprint density at radius 1 is 1.50 bits per heavy atom. The summed E-state index contributed by atoms with van der Waals surface area (Å²) < 4.78 is 5.27. The van der Waals surface area contributed by atoms with E-state index in [1.165, 1.54) is 0 Å². The zero-order valence-corrected chi connectivity index (χ0v) is 11.2. The maximum atomic E-state index is 11.7. The van der Waals surface area contributed by atoms with Crippen LogP contribution < -0.4 is 0 Å². The number of likely N-dealkylation sites (tertiary alicyclic amines) is 1. The van der Waals surface area contributed by atoms with Gasteiger partial charge in [-0.1, -0.05) is 0 Å². The molecule has 1 amide bonds. The highest BCUT2D eigenvalue weighted by Crippen LogP contribution is 2.22. The summed E-state index contributed by atoms with van der Waals surface area (Å²) in [6.45, 7) is 6.52. The van der Waals surface area contributed by atoms with E-state index in [2.05, 4.69) is 0 Å². The van der Waals surface area contributed by atoms with Gasteiger partial charge in [0.25, 0.3) is 0 Å². The second-order valence-electron chi connectivity index (χ2n) is 5.17. The highest BCUT2D eigenvalue weighted by atomic mass is 32.2. The topological polar surface area (TPSA) is 49.8 Å². The number of ether oxygens (including phenoxy) is 1. The molecule has 1 N–H and O–H groups in total. The van der Waals surface area contributed by atoms with Gasteiger partial charge in [-0.2, -0.15) is 11.8 Å². The minimum atomic E-state index is -0.473. The number of amides is 1. The predicted molar refractivity (Wildman–Crippen MR) is 65.7 cm³/mol. The van der Waals surface area contributed by atoms with Crippen molar-refractivity contribution >= 4 is 17.9 Å². The van der Waals surface area contributed by atoms with Crippen molar-refractivity contribution in [3.63, 3.8) is 0 Å². The van der Waals surface area contributed by atoms with E-state index in [-0.39, 0.29) is 12.0 Å². The Kier molecular flexibility index (Phi) is 4.50. The quantitative estimate of drug-likeness (QED) is 0.805. The summed E-state index contributed by atoms with van der Waals surface area (Å²) in [6.07, 6.45) is 1.26. The molecule has 0 aromatic carbocycles. The summed E-state index contributed by atoms with van der Waals surface area (Å²) >= 11 is 1.69. The van der Waals surface area contributed by atoms with Gasteiger partial charge >= 0.3 is 6.09 Å². The van der Waals surface area contributed by atoms with Crippen LogP contribution in [0.2, 0.25) is 0 Å². The second-order valence-corrected chi connectivity index (χ2v) is 6.08. The Morgan fingerprint density at radius 3 is 2.62 bits per heavy atom. The monoisotopic (exact) mass is 247 g/mol. The van der Waals surface area contributed by atoms with Crippen LogP contribution in [0.3, 0.4) is 0 Å². The van der Waals surface area contributed by atoms with E-state index in [9.17, 15) is 9.90 Å². The first-order valence-electron chi connectivity index (χ1n) is 5.48. The SMILES string of the molecule is CSC[C@H]1CN(C(=O)OC(C)(C)C)C[C@H]1O. The molecule has 1 aliphatic rings. The van der Waals surface area contributed by atoms with Crippen LogP contribution in [0.25, 0.3) is 0 Å². The van der Waals surface area contributed by atoms with Crippen LogP contribution in [0.5, 0.6) is 0 Å². The van der Waals surface area contributed by atoms with Gasteiger partial charge in [0.2, 0.25) is 0 Å². The second kappa shape index (κ2) is 5.27. The van der Waals surface area contributed by atoms with Gasteiger partial charge < -0.3 is 14.7 Å². The molecule has 1 aliphatic heterocycles. The number of hydrogen-bond acceptors (Lipinski definition) is 4. The smallest absolute Gasteiger partial charge is 0.410 e. The summed E-state index contributed by atoms with van der Waals surface area (Å²) in [5, 5.41) is 9.77. The van der Waals surface area contributed by atoms with Gasteiger partial charge in [0.15, 0.2) is 0 Å². The van der Waals surface area contributed by atoms with Crippen molar-refractivity contribution in [1.82, 2.24) is 4.90 Å². The van der Waals surface area contributed by atoms with E-state index in [0.29, 0.717) is 13.1 Å². The third-order valence-corrected chi connectivity index (χ3v) is 3.20. The Morgan fingerprint density at radius 2 is 2.12 bits per heavy atom. The minimum absolute atomic E-state index is 0.169. The van der Waals surface area contributed by atoms with E-state index in [1.54, 1.807) is 16.7 Å². The largest absolute Gasteiger partial charge is 0.444 e. The number of carbonyl (C=O) groups is 1. The van der Waals surface area contributed by atoms with E-state index in [1.807, 2.05) is 27.0 Å². The first-order chi connectivity index (χ1) is 7.33. The molecule has 94 valence electrons. The molecule has 0 aromatic rings. The Labute approximate surface area is 101 Å². The summed E-state index contributed by atoms with van der Waals surface area (Å²) in [5.74, 6) is 1.04. The number of β-amino-alcohol motifs (C(OH)–C–C–N with tert-alkyl or cyclic N) is 1. The number of rotatable bonds is 2. The Bertz CT molecular complexity index is 252. The van der Waals surface area contributed by atoms with Crippen molar-refractivity contribution in [2.45, 2.75) is 32.5 Å². The first-order valence-corrected chi connectivity index (χ1v) is 6.88. The summed E-state index contributed by atoms with van der Waals surface area (Å²) in [6, 6.07) is 0. The van der Waals surface area contributed by atoms with Gasteiger partial charge in [0.05, 0.1) is 12.6 Å². The molecular formula is C11H21NO3S. The van der Waals surface area contributed by atoms with Gasteiger partial charge in [0.1, 0.15) is 5.60 Å². The van der Waals surface area contributed by atoms with Gasteiger partial charge in [-0.05, 0) is 27.0 Å². The molecular weight excluding hydrogens is 226 g/mol. The lowest BCUT2D eigenvalue weighted by Crippen LogP contribution is -2.35. The van der Waals surface area contributed by atoms with E-state index < -0.39 is 11.7 Å². The Balaban J connectivity index is 2.48. The van der Waals surface area contributed by atoms with Crippen LogP contribution >= 0.6 is 11.8 Å². The average Bonchev–Trinajstić information content (AvgIpc) is 2.46. The zero-order valence-electron chi connectivity index (χ0n) is 10.4. The molecule has 0 bridgehead atoms. The van der Waals surface area contributed by atoms with Crippen LogP contribution in [0.1, 0.15) is 20.8 Å². The third-order valence-electron chi connectivity index (χ3n) is 2.44. The number of thioether (sulfide) groups is 1. The standard InChI is InChI=1S/C11H21NO3S/c1-11(2,3)15-10(14)12-5-8(7-16-4)9(13)6-12/h8-9,13H,5-7H2,1-4H3/t8-,9-/m1/s1. The van der Waals surface area contributed by atoms with Crippen LogP contribution in [0.4, 0.5) is 4.79 Å². The maximum absolute atomic E-state index is 11.7. The van der Waals surface area contributed by atoms with Crippen molar-refractivity contribution in [3.05, 3.63) is 0 Å². The fraction of sp³-hybridized carbons (Fsp3) is 0.909. The predicted octanol–water partition coefficient (Wildman–Crippen LogP) is 1.58. The van der Waals surface area contributed by atoms with Crippen LogP contribution in [0, 0.1) is 5.92 Å². The van der Waals surface area contributed by atoms with Crippen molar-refractivity contribution in [3.8, 4) is 0 Å². The van der Waals surface area contributed by atoms with E-state index in [4.69, 9.17) is 4.74 Å². The zero-order chi connectivity index (χ0) is 12.3. The highest BCUT2D eigenvalue weighted by molar-refractivity contribution is 7.98. The Hall–Kier alpha value is -0.420. The molecule has 1 fully saturated rings. The van der Waals surface area contributed by atoms with Crippen molar-refractivity contribution in [2.75, 3.05) is 25.1 Å². The molecule has 4 nitrogen and oxygen atoms in total. The number of aliphatic hydroxyl groups excluding tert-OH is 1. The minimum Gasteiger partial charge on any atom is -0.444 e. The lowest BCUT2D eigenvalue weighted by atomic mass is 10.1.